The Hall–Kier alpha value is -3.27. The Morgan fingerprint density at radius 3 is 2.29 bits per heavy atom. The van der Waals surface area contributed by atoms with Gasteiger partial charge >= 0.3 is 0 Å². The minimum absolute atomic E-state index is 0.125. The summed E-state index contributed by atoms with van der Waals surface area (Å²) in [6, 6.07) is 28.8. The molecule has 0 spiro atoms. The molecular weight excluding hydrogens is 427 g/mol. The molecule has 4 aromatic carbocycles. The van der Waals surface area contributed by atoms with Gasteiger partial charge in [0, 0.05) is 21.4 Å². The Kier molecular flexibility index (Phi) is 5.14. The first-order chi connectivity index (χ1) is 15.1. The third-order valence-corrected chi connectivity index (χ3v) is 5.85. The van der Waals surface area contributed by atoms with Crippen molar-refractivity contribution in [3.8, 4) is 0 Å². The summed E-state index contributed by atoms with van der Waals surface area (Å²) in [6.45, 7) is 0. The van der Waals surface area contributed by atoms with Crippen molar-refractivity contribution < 1.29 is 4.79 Å². The third-order valence-electron chi connectivity index (χ3n) is 5.38. The fraction of sp³-hybridized carbons (Fsp3) is 0.0385. The molecule has 1 heterocycles. The normalized spacial score (nSPS) is 15.9. The summed E-state index contributed by atoms with van der Waals surface area (Å²) >= 11 is 12.4. The van der Waals surface area contributed by atoms with Gasteiger partial charge in [0.05, 0.1) is 6.04 Å². The van der Waals surface area contributed by atoms with Crippen LogP contribution < -0.4 is 10.2 Å². The van der Waals surface area contributed by atoms with E-state index in [4.69, 9.17) is 23.2 Å². The summed E-state index contributed by atoms with van der Waals surface area (Å²) in [7, 11) is 0. The lowest BCUT2D eigenvalue weighted by Crippen LogP contribution is -2.30. The van der Waals surface area contributed by atoms with Crippen LogP contribution in [0.4, 0.5) is 11.4 Å². The zero-order valence-electron chi connectivity index (χ0n) is 16.4. The summed E-state index contributed by atoms with van der Waals surface area (Å²) in [5.74, 6) is -0.125. The van der Waals surface area contributed by atoms with Crippen molar-refractivity contribution in [3.05, 3.63) is 118 Å². The van der Waals surface area contributed by atoms with E-state index in [1.807, 2.05) is 54.6 Å². The van der Waals surface area contributed by atoms with Crippen LogP contribution in [0.1, 0.15) is 11.6 Å². The second-order valence-corrected chi connectivity index (χ2v) is 8.26. The van der Waals surface area contributed by atoms with E-state index in [0.29, 0.717) is 15.7 Å². The third kappa shape index (κ3) is 3.78. The van der Waals surface area contributed by atoms with Gasteiger partial charge in [0.25, 0.3) is 5.91 Å². The van der Waals surface area contributed by atoms with Crippen LogP contribution in [-0.4, -0.2) is 5.91 Å². The summed E-state index contributed by atoms with van der Waals surface area (Å²) in [6.07, 6.45) is 1.96. The molecule has 1 aliphatic rings. The molecule has 5 heteroatoms. The molecule has 0 saturated carbocycles. The number of carbonyl (C=O) groups excluding carboxylic acids is 1. The van der Waals surface area contributed by atoms with Gasteiger partial charge in [-0.15, -0.1) is 0 Å². The van der Waals surface area contributed by atoms with Crippen molar-refractivity contribution in [2.45, 2.75) is 6.04 Å². The summed E-state index contributed by atoms with van der Waals surface area (Å²) in [5, 5.41) is 6.67. The molecule has 5 rings (SSSR count). The number of hydrogen-bond acceptors (Lipinski definition) is 2. The number of anilines is 2. The van der Waals surface area contributed by atoms with Gasteiger partial charge in [-0.05, 0) is 58.8 Å². The molecule has 3 nitrogen and oxygen atoms in total. The molecule has 0 radical (unpaired) electrons. The van der Waals surface area contributed by atoms with Crippen molar-refractivity contribution in [1.29, 1.82) is 0 Å². The van der Waals surface area contributed by atoms with E-state index in [0.717, 1.165) is 27.7 Å². The van der Waals surface area contributed by atoms with Gasteiger partial charge in [0.1, 0.15) is 5.70 Å². The Labute approximate surface area is 190 Å². The highest BCUT2D eigenvalue weighted by Gasteiger charge is 2.35. The van der Waals surface area contributed by atoms with E-state index in [1.54, 1.807) is 23.1 Å². The molecule has 0 saturated heterocycles. The zero-order valence-corrected chi connectivity index (χ0v) is 17.9. The number of benzene rings is 4. The first-order valence-electron chi connectivity index (χ1n) is 9.91. The number of fused-ring (bicyclic) bond motifs is 1. The number of nitrogens with zero attached hydrogens (tertiary/aromatic N) is 1. The topological polar surface area (TPSA) is 32.3 Å². The predicted octanol–water partition coefficient (Wildman–Crippen LogP) is 7.23. The standard InChI is InChI=1S/C26H18Cl2N2O/c27-18-8-4-10-20(14-18)29-24-16-25(23-13-3-7-17-6-1-2-12-22(17)23)30(26(24)31)21-11-5-9-19(28)15-21/h1-16,25,29H. The zero-order chi connectivity index (χ0) is 21.4. The molecule has 0 aromatic heterocycles. The van der Waals surface area contributed by atoms with E-state index >= 15 is 0 Å². The predicted molar refractivity (Wildman–Crippen MR) is 129 cm³/mol. The van der Waals surface area contributed by atoms with Crippen LogP contribution in [0.25, 0.3) is 10.8 Å². The SMILES string of the molecule is O=C1C(Nc2cccc(Cl)c2)=CC(c2cccc3ccccc23)N1c1cccc(Cl)c1. The summed E-state index contributed by atoms with van der Waals surface area (Å²) < 4.78 is 0. The highest BCUT2D eigenvalue weighted by atomic mass is 35.5. The number of nitrogens with one attached hydrogen (secondary N) is 1. The van der Waals surface area contributed by atoms with Gasteiger partial charge in [-0.3, -0.25) is 9.69 Å². The van der Waals surface area contributed by atoms with E-state index in [9.17, 15) is 4.79 Å². The lowest BCUT2D eigenvalue weighted by Gasteiger charge is -2.26. The summed E-state index contributed by atoms with van der Waals surface area (Å²) in [5.41, 5.74) is 3.06. The van der Waals surface area contributed by atoms with Gasteiger partial charge in [-0.1, -0.05) is 77.8 Å². The molecule has 0 bridgehead atoms. The van der Waals surface area contributed by atoms with Crippen LogP contribution in [0.2, 0.25) is 10.0 Å². The number of halogens is 2. The maximum atomic E-state index is 13.5. The van der Waals surface area contributed by atoms with Crippen molar-refractivity contribution in [1.82, 2.24) is 0 Å². The maximum Gasteiger partial charge on any atom is 0.275 e. The van der Waals surface area contributed by atoms with Crippen LogP contribution in [0.3, 0.4) is 0 Å². The smallest absolute Gasteiger partial charge is 0.275 e. The number of amides is 1. The van der Waals surface area contributed by atoms with Crippen LogP contribution in [0.5, 0.6) is 0 Å². The van der Waals surface area contributed by atoms with E-state index < -0.39 is 0 Å². The molecule has 0 fully saturated rings. The van der Waals surface area contributed by atoms with Crippen LogP contribution in [-0.2, 0) is 4.79 Å². The van der Waals surface area contributed by atoms with Crippen LogP contribution >= 0.6 is 23.2 Å². The monoisotopic (exact) mass is 444 g/mol. The quantitative estimate of drug-likeness (QED) is 0.359. The van der Waals surface area contributed by atoms with Gasteiger partial charge in [-0.25, -0.2) is 0 Å². The first-order valence-corrected chi connectivity index (χ1v) is 10.7. The molecule has 0 aliphatic carbocycles. The molecule has 1 unspecified atom stereocenters. The molecule has 1 aliphatic heterocycles. The Morgan fingerprint density at radius 1 is 0.774 bits per heavy atom. The van der Waals surface area contributed by atoms with Gasteiger partial charge < -0.3 is 5.32 Å². The van der Waals surface area contributed by atoms with Gasteiger partial charge in [-0.2, -0.15) is 0 Å². The van der Waals surface area contributed by atoms with Crippen molar-refractivity contribution in [2.75, 3.05) is 10.2 Å². The number of carbonyl (C=O) groups is 1. The van der Waals surface area contributed by atoms with Gasteiger partial charge in [0.2, 0.25) is 0 Å². The van der Waals surface area contributed by atoms with Crippen molar-refractivity contribution in [2.24, 2.45) is 0 Å². The fourth-order valence-corrected chi connectivity index (χ4v) is 4.39. The average Bonchev–Trinajstić information content (AvgIpc) is 3.09. The maximum absolute atomic E-state index is 13.5. The van der Waals surface area contributed by atoms with E-state index in [1.165, 1.54) is 0 Å². The molecule has 152 valence electrons. The molecule has 1 atom stereocenters. The molecule has 4 aromatic rings. The Morgan fingerprint density at radius 2 is 1.48 bits per heavy atom. The largest absolute Gasteiger partial charge is 0.351 e. The van der Waals surface area contributed by atoms with Crippen molar-refractivity contribution >= 4 is 51.3 Å². The fourth-order valence-electron chi connectivity index (χ4n) is 4.02. The van der Waals surface area contributed by atoms with Crippen molar-refractivity contribution in [3.63, 3.8) is 0 Å². The number of hydrogen-bond donors (Lipinski definition) is 1. The first kappa shape index (κ1) is 19.7. The molecule has 1 N–H and O–H groups in total. The van der Waals surface area contributed by atoms with E-state index in [2.05, 4.69) is 29.6 Å². The van der Waals surface area contributed by atoms with Gasteiger partial charge in [0.15, 0.2) is 0 Å². The Balaban J connectivity index is 1.64. The minimum atomic E-state index is -0.279. The minimum Gasteiger partial charge on any atom is -0.351 e. The van der Waals surface area contributed by atoms with Crippen LogP contribution in [0.15, 0.2) is 103 Å². The average molecular weight is 445 g/mol. The lowest BCUT2D eigenvalue weighted by atomic mass is 9.98. The Bertz CT molecular complexity index is 1330. The second kappa shape index (κ2) is 8.10. The second-order valence-electron chi connectivity index (χ2n) is 7.38. The highest BCUT2D eigenvalue weighted by molar-refractivity contribution is 6.31. The highest BCUT2D eigenvalue weighted by Crippen LogP contribution is 2.39. The lowest BCUT2D eigenvalue weighted by molar-refractivity contribution is -0.114. The van der Waals surface area contributed by atoms with Crippen LogP contribution in [0, 0.1) is 0 Å². The summed E-state index contributed by atoms with van der Waals surface area (Å²) in [4.78, 5) is 15.3. The molecule has 31 heavy (non-hydrogen) atoms. The molecule has 1 amide bonds. The molecular formula is C26H18Cl2N2O. The van der Waals surface area contributed by atoms with E-state index in [-0.39, 0.29) is 11.9 Å². The number of rotatable bonds is 4.